The molecule has 1 radical (unpaired) electrons. The van der Waals surface area contributed by atoms with Gasteiger partial charge in [0.05, 0.1) is 6.61 Å². The lowest BCUT2D eigenvalue weighted by Gasteiger charge is -1.95. The van der Waals surface area contributed by atoms with Crippen molar-refractivity contribution in [2.45, 2.75) is 0 Å². The van der Waals surface area contributed by atoms with Crippen LogP contribution in [0.1, 0.15) is 5.56 Å². The minimum atomic E-state index is -0.276. The molecule has 0 aliphatic heterocycles. The number of hydrogen-bond acceptors (Lipinski definition) is 1. The van der Waals surface area contributed by atoms with Gasteiger partial charge in [0, 0.05) is 6.42 Å². The van der Waals surface area contributed by atoms with Crippen molar-refractivity contribution in [3.8, 4) is 0 Å². The van der Waals surface area contributed by atoms with E-state index in [-0.39, 0.29) is 12.4 Å². The van der Waals surface area contributed by atoms with Crippen LogP contribution in [0.3, 0.4) is 0 Å². The van der Waals surface area contributed by atoms with E-state index in [0.29, 0.717) is 5.56 Å². The summed E-state index contributed by atoms with van der Waals surface area (Å²) in [5, 5.41) is 8.43. The maximum atomic E-state index is 12.4. The van der Waals surface area contributed by atoms with E-state index in [4.69, 9.17) is 5.11 Å². The highest BCUT2D eigenvalue weighted by Gasteiger charge is 1.92. The fourth-order valence-corrected chi connectivity index (χ4v) is 0.739. The number of halogens is 1. The topological polar surface area (TPSA) is 20.2 Å². The highest BCUT2D eigenvalue weighted by molar-refractivity contribution is 5.23. The largest absolute Gasteiger partial charge is 0.396 e. The second kappa shape index (κ2) is 3.32. The monoisotopic (exact) mass is 139 g/mol. The maximum Gasteiger partial charge on any atom is 0.123 e. The van der Waals surface area contributed by atoms with Crippen LogP contribution in [0.25, 0.3) is 0 Å². The third-order valence-electron chi connectivity index (χ3n) is 1.18. The molecule has 1 aromatic carbocycles. The molecule has 1 aromatic rings. The normalized spacial score (nSPS) is 9.80. The minimum Gasteiger partial charge on any atom is -0.396 e. The van der Waals surface area contributed by atoms with Crippen molar-refractivity contribution in [3.63, 3.8) is 0 Å². The van der Waals surface area contributed by atoms with Gasteiger partial charge in [0.15, 0.2) is 0 Å². The Hall–Kier alpha value is -0.890. The summed E-state index contributed by atoms with van der Waals surface area (Å²) in [7, 11) is 0. The Morgan fingerprint density at radius 2 is 2.30 bits per heavy atom. The molecule has 0 atom stereocenters. The maximum absolute atomic E-state index is 12.4. The quantitative estimate of drug-likeness (QED) is 0.656. The summed E-state index contributed by atoms with van der Waals surface area (Å²) < 4.78 is 12.4. The van der Waals surface area contributed by atoms with E-state index in [1.807, 2.05) is 0 Å². The van der Waals surface area contributed by atoms with Crippen LogP contribution in [0, 0.1) is 12.2 Å². The first kappa shape index (κ1) is 7.22. The minimum absolute atomic E-state index is 0.0521. The summed E-state index contributed by atoms with van der Waals surface area (Å²) in [6.45, 7) is -0.0521. The summed E-state index contributed by atoms with van der Waals surface area (Å²) in [5.74, 6) is -0.276. The van der Waals surface area contributed by atoms with Gasteiger partial charge >= 0.3 is 0 Å². The zero-order chi connectivity index (χ0) is 7.40. The molecule has 0 aliphatic rings. The summed E-state index contributed by atoms with van der Waals surface area (Å²) in [6.07, 6.45) is 1.54. The van der Waals surface area contributed by atoms with Gasteiger partial charge in [0.1, 0.15) is 5.82 Å². The van der Waals surface area contributed by atoms with Crippen LogP contribution < -0.4 is 0 Å². The second-order valence-corrected chi connectivity index (χ2v) is 1.94. The van der Waals surface area contributed by atoms with E-state index in [1.165, 1.54) is 12.1 Å². The zero-order valence-electron chi connectivity index (χ0n) is 5.42. The van der Waals surface area contributed by atoms with Crippen molar-refractivity contribution in [3.05, 3.63) is 42.1 Å². The molecule has 0 amide bonds. The van der Waals surface area contributed by atoms with Gasteiger partial charge in [-0.15, -0.1) is 0 Å². The van der Waals surface area contributed by atoms with Crippen LogP contribution in [0.15, 0.2) is 24.3 Å². The first-order valence-corrected chi connectivity index (χ1v) is 3.02. The molecule has 2 heteroatoms. The number of benzene rings is 1. The number of aliphatic hydroxyl groups excluding tert-OH is 1. The molecule has 0 saturated heterocycles. The van der Waals surface area contributed by atoms with Crippen molar-refractivity contribution in [2.24, 2.45) is 0 Å². The molecular weight excluding hydrogens is 131 g/mol. The fraction of sp³-hybridized carbons (Fsp3) is 0.125. The average Bonchev–Trinajstić information content (AvgIpc) is 1.88. The van der Waals surface area contributed by atoms with E-state index in [0.717, 1.165) is 0 Å². The molecule has 53 valence electrons. The number of aliphatic hydroxyl groups is 1. The van der Waals surface area contributed by atoms with Crippen LogP contribution in [0.2, 0.25) is 0 Å². The summed E-state index contributed by atoms with van der Waals surface area (Å²) in [4.78, 5) is 0. The molecule has 0 bridgehead atoms. The van der Waals surface area contributed by atoms with Crippen molar-refractivity contribution in [2.75, 3.05) is 6.61 Å². The van der Waals surface area contributed by atoms with Crippen LogP contribution >= 0.6 is 0 Å². The Morgan fingerprint density at radius 1 is 1.50 bits per heavy atom. The summed E-state index contributed by atoms with van der Waals surface area (Å²) in [5.41, 5.74) is 0.711. The van der Waals surface area contributed by atoms with E-state index >= 15 is 0 Å². The Bertz CT molecular complexity index is 210. The Labute approximate surface area is 59.1 Å². The van der Waals surface area contributed by atoms with Gasteiger partial charge in [-0.3, -0.25) is 0 Å². The van der Waals surface area contributed by atoms with Gasteiger partial charge in [-0.2, -0.15) is 0 Å². The molecule has 0 aliphatic carbocycles. The van der Waals surface area contributed by atoms with E-state index in [1.54, 1.807) is 18.6 Å². The van der Waals surface area contributed by atoms with Gasteiger partial charge in [-0.05, 0) is 17.7 Å². The molecular formula is C8H8FO. The second-order valence-electron chi connectivity index (χ2n) is 1.94. The molecule has 0 heterocycles. The van der Waals surface area contributed by atoms with E-state index in [9.17, 15) is 4.39 Å². The third kappa shape index (κ3) is 1.81. The predicted molar refractivity (Wildman–Crippen MR) is 36.9 cm³/mol. The average molecular weight is 139 g/mol. The lowest BCUT2D eigenvalue weighted by atomic mass is 10.2. The summed E-state index contributed by atoms with van der Waals surface area (Å²) >= 11 is 0. The SMILES string of the molecule is OC[CH]c1cccc(F)c1. The Morgan fingerprint density at radius 3 is 2.90 bits per heavy atom. The zero-order valence-corrected chi connectivity index (χ0v) is 5.42. The predicted octanol–water partition coefficient (Wildman–Crippen LogP) is 1.37. The lowest BCUT2D eigenvalue weighted by Crippen LogP contribution is -1.87. The first-order valence-electron chi connectivity index (χ1n) is 3.02. The highest BCUT2D eigenvalue weighted by atomic mass is 19.1. The van der Waals surface area contributed by atoms with Crippen molar-refractivity contribution in [1.82, 2.24) is 0 Å². The number of rotatable bonds is 2. The molecule has 0 aromatic heterocycles. The first-order chi connectivity index (χ1) is 4.83. The molecule has 0 unspecified atom stereocenters. The van der Waals surface area contributed by atoms with Crippen molar-refractivity contribution < 1.29 is 9.50 Å². The number of hydrogen-bond donors (Lipinski definition) is 1. The Kier molecular flexibility index (Phi) is 2.40. The van der Waals surface area contributed by atoms with Crippen LogP contribution in [-0.2, 0) is 0 Å². The Balaban J connectivity index is 2.75. The van der Waals surface area contributed by atoms with Gasteiger partial charge < -0.3 is 5.11 Å². The molecule has 0 spiro atoms. The van der Waals surface area contributed by atoms with Crippen molar-refractivity contribution >= 4 is 0 Å². The highest BCUT2D eigenvalue weighted by Crippen LogP contribution is 2.04. The van der Waals surface area contributed by atoms with Crippen LogP contribution in [-0.4, -0.2) is 11.7 Å². The van der Waals surface area contributed by atoms with E-state index < -0.39 is 0 Å². The van der Waals surface area contributed by atoms with Gasteiger partial charge in [0.25, 0.3) is 0 Å². The molecule has 1 N–H and O–H groups in total. The van der Waals surface area contributed by atoms with Gasteiger partial charge in [-0.1, -0.05) is 12.1 Å². The smallest absolute Gasteiger partial charge is 0.123 e. The molecule has 0 fully saturated rings. The lowest BCUT2D eigenvalue weighted by molar-refractivity contribution is 0.331. The molecule has 1 nitrogen and oxygen atoms in total. The molecule has 0 saturated carbocycles. The standard InChI is InChI=1S/C8H8FO/c9-8-3-1-2-7(6-8)4-5-10/h1-4,6,10H,5H2. The third-order valence-corrected chi connectivity index (χ3v) is 1.18. The van der Waals surface area contributed by atoms with Crippen molar-refractivity contribution in [1.29, 1.82) is 0 Å². The van der Waals surface area contributed by atoms with E-state index in [2.05, 4.69) is 0 Å². The van der Waals surface area contributed by atoms with Gasteiger partial charge in [0.2, 0.25) is 0 Å². The fourth-order valence-electron chi connectivity index (χ4n) is 0.739. The van der Waals surface area contributed by atoms with Gasteiger partial charge in [-0.25, -0.2) is 4.39 Å². The summed E-state index contributed by atoms with van der Waals surface area (Å²) in [6, 6.07) is 6.08. The molecule has 1 rings (SSSR count). The van der Waals surface area contributed by atoms with Crippen LogP contribution in [0.5, 0.6) is 0 Å². The molecule has 10 heavy (non-hydrogen) atoms. The van der Waals surface area contributed by atoms with Crippen LogP contribution in [0.4, 0.5) is 4.39 Å².